The SMILES string of the molecule is CN1CC(=O)NC(=O)N1Cc1ccc(Cl)c(Cl)c1. The van der Waals surface area contributed by atoms with Crippen molar-refractivity contribution in [1.29, 1.82) is 0 Å². The third-order valence-corrected chi connectivity index (χ3v) is 3.32. The molecule has 1 aliphatic heterocycles. The van der Waals surface area contributed by atoms with E-state index in [1.54, 1.807) is 30.3 Å². The third-order valence-electron chi connectivity index (χ3n) is 2.58. The minimum Gasteiger partial charge on any atom is -0.276 e. The number of carbonyl (C=O) groups is 2. The first kappa shape index (κ1) is 13.1. The topological polar surface area (TPSA) is 52.7 Å². The van der Waals surface area contributed by atoms with Crippen LogP contribution in [0.15, 0.2) is 18.2 Å². The van der Waals surface area contributed by atoms with Gasteiger partial charge in [-0.1, -0.05) is 29.3 Å². The number of amides is 3. The smallest absolute Gasteiger partial charge is 0.276 e. The Morgan fingerprint density at radius 2 is 2.00 bits per heavy atom. The van der Waals surface area contributed by atoms with E-state index in [1.807, 2.05) is 0 Å². The summed E-state index contributed by atoms with van der Waals surface area (Å²) in [6.07, 6.45) is 0. The van der Waals surface area contributed by atoms with E-state index in [0.29, 0.717) is 16.6 Å². The molecule has 0 spiro atoms. The lowest BCUT2D eigenvalue weighted by Crippen LogP contribution is -2.58. The lowest BCUT2D eigenvalue weighted by atomic mass is 10.2. The number of hydrazine groups is 1. The number of halogens is 2. The Balaban J connectivity index is 2.15. The van der Waals surface area contributed by atoms with Crippen LogP contribution in [0.25, 0.3) is 0 Å². The molecule has 1 aromatic rings. The molecular formula is C11H11Cl2N3O2. The minimum absolute atomic E-state index is 0.146. The average molecular weight is 288 g/mol. The minimum atomic E-state index is -0.445. The summed E-state index contributed by atoms with van der Waals surface area (Å²) in [5.41, 5.74) is 0.834. The Bertz CT molecular complexity index is 507. The van der Waals surface area contributed by atoms with Crippen LogP contribution in [-0.4, -0.2) is 35.5 Å². The Morgan fingerprint density at radius 1 is 1.28 bits per heavy atom. The van der Waals surface area contributed by atoms with Gasteiger partial charge in [0.25, 0.3) is 0 Å². The Labute approximate surface area is 114 Å². The van der Waals surface area contributed by atoms with Crippen LogP contribution in [0, 0.1) is 0 Å². The van der Waals surface area contributed by atoms with Crippen LogP contribution in [0.4, 0.5) is 4.79 Å². The van der Waals surface area contributed by atoms with Crippen LogP contribution in [0.1, 0.15) is 5.56 Å². The second-order valence-corrected chi connectivity index (χ2v) is 4.79. The fourth-order valence-corrected chi connectivity index (χ4v) is 2.00. The van der Waals surface area contributed by atoms with Gasteiger partial charge in [0.05, 0.1) is 23.1 Å². The highest BCUT2D eigenvalue weighted by Crippen LogP contribution is 2.23. The first-order chi connectivity index (χ1) is 8.47. The second kappa shape index (κ2) is 5.14. The van der Waals surface area contributed by atoms with Crippen molar-refractivity contribution in [2.45, 2.75) is 6.54 Å². The highest BCUT2D eigenvalue weighted by Gasteiger charge is 2.27. The van der Waals surface area contributed by atoms with Crippen LogP contribution in [0.3, 0.4) is 0 Å². The molecule has 1 saturated heterocycles. The number of urea groups is 1. The Kier molecular flexibility index (Phi) is 3.75. The number of hydrogen-bond acceptors (Lipinski definition) is 3. The largest absolute Gasteiger partial charge is 0.338 e. The van der Waals surface area contributed by atoms with E-state index in [2.05, 4.69) is 5.32 Å². The normalized spacial score (nSPS) is 16.9. The maximum atomic E-state index is 11.7. The predicted octanol–water partition coefficient (Wildman–Crippen LogP) is 1.89. The Hall–Kier alpha value is -1.30. The summed E-state index contributed by atoms with van der Waals surface area (Å²) in [4.78, 5) is 22.8. The van der Waals surface area contributed by atoms with Gasteiger partial charge in [-0.05, 0) is 17.7 Å². The first-order valence-corrected chi connectivity index (χ1v) is 5.99. The van der Waals surface area contributed by atoms with Crippen molar-refractivity contribution in [1.82, 2.24) is 15.3 Å². The van der Waals surface area contributed by atoms with Gasteiger partial charge in [0, 0.05) is 7.05 Å². The molecule has 1 fully saturated rings. The third kappa shape index (κ3) is 2.75. The van der Waals surface area contributed by atoms with Crippen molar-refractivity contribution in [3.05, 3.63) is 33.8 Å². The van der Waals surface area contributed by atoms with Crippen molar-refractivity contribution in [3.63, 3.8) is 0 Å². The molecule has 7 heteroatoms. The number of hydrogen-bond donors (Lipinski definition) is 1. The van der Waals surface area contributed by atoms with E-state index in [4.69, 9.17) is 23.2 Å². The molecule has 1 aromatic carbocycles. The molecule has 18 heavy (non-hydrogen) atoms. The lowest BCUT2D eigenvalue weighted by molar-refractivity contribution is -0.128. The van der Waals surface area contributed by atoms with Crippen LogP contribution < -0.4 is 5.32 Å². The zero-order valence-electron chi connectivity index (χ0n) is 9.61. The zero-order valence-corrected chi connectivity index (χ0v) is 11.1. The maximum absolute atomic E-state index is 11.7. The summed E-state index contributed by atoms with van der Waals surface area (Å²) in [7, 11) is 1.67. The van der Waals surface area contributed by atoms with Gasteiger partial charge >= 0.3 is 6.03 Å². The van der Waals surface area contributed by atoms with Crippen LogP contribution in [0.2, 0.25) is 10.0 Å². The number of nitrogens with zero attached hydrogens (tertiary/aromatic N) is 2. The van der Waals surface area contributed by atoms with E-state index >= 15 is 0 Å². The number of likely N-dealkylation sites (N-methyl/N-ethyl adjacent to an activating group) is 1. The molecule has 1 N–H and O–H groups in total. The molecule has 2 rings (SSSR count). The van der Waals surface area contributed by atoms with Gasteiger partial charge in [0.1, 0.15) is 0 Å². The predicted molar refractivity (Wildman–Crippen MR) is 68.2 cm³/mol. The fourth-order valence-electron chi connectivity index (χ4n) is 1.67. The molecular weight excluding hydrogens is 277 g/mol. The molecule has 0 atom stereocenters. The molecule has 1 aliphatic rings. The average Bonchev–Trinajstić information content (AvgIpc) is 2.28. The molecule has 96 valence electrons. The summed E-state index contributed by atoms with van der Waals surface area (Å²) in [6, 6.07) is 4.71. The van der Waals surface area contributed by atoms with Crippen molar-refractivity contribution in [2.24, 2.45) is 0 Å². The molecule has 5 nitrogen and oxygen atoms in total. The lowest BCUT2D eigenvalue weighted by Gasteiger charge is -2.35. The van der Waals surface area contributed by atoms with Gasteiger partial charge in [-0.3, -0.25) is 15.1 Å². The van der Waals surface area contributed by atoms with Crippen molar-refractivity contribution in [3.8, 4) is 0 Å². The van der Waals surface area contributed by atoms with E-state index in [0.717, 1.165) is 5.56 Å². The van der Waals surface area contributed by atoms with E-state index in [-0.39, 0.29) is 12.5 Å². The van der Waals surface area contributed by atoms with E-state index in [9.17, 15) is 9.59 Å². The highest BCUT2D eigenvalue weighted by atomic mass is 35.5. The summed E-state index contributed by atoms with van der Waals surface area (Å²) in [5, 5.41) is 6.14. The number of benzene rings is 1. The van der Waals surface area contributed by atoms with Crippen LogP contribution in [-0.2, 0) is 11.3 Å². The number of imide groups is 1. The second-order valence-electron chi connectivity index (χ2n) is 3.98. The molecule has 3 amide bonds. The molecule has 0 saturated carbocycles. The van der Waals surface area contributed by atoms with Crippen molar-refractivity contribution in [2.75, 3.05) is 13.6 Å². The van der Waals surface area contributed by atoms with Gasteiger partial charge in [0.15, 0.2) is 0 Å². The van der Waals surface area contributed by atoms with Gasteiger partial charge < -0.3 is 0 Å². The van der Waals surface area contributed by atoms with Crippen molar-refractivity contribution < 1.29 is 9.59 Å². The first-order valence-electron chi connectivity index (χ1n) is 5.23. The summed E-state index contributed by atoms with van der Waals surface area (Å²) >= 11 is 11.7. The zero-order chi connectivity index (χ0) is 13.3. The highest BCUT2D eigenvalue weighted by molar-refractivity contribution is 6.42. The molecule has 1 heterocycles. The Morgan fingerprint density at radius 3 is 2.61 bits per heavy atom. The summed E-state index contributed by atoms with van der Waals surface area (Å²) in [6.45, 7) is 0.472. The summed E-state index contributed by atoms with van der Waals surface area (Å²) < 4.78 is 0. The van der Waals surface area contributed by atoms with E-state index in [1.165, 1.54) is 5.01 Å². The maximum Gasteiger partial charge on any atom is 0.338 e. The van der Waals surface area contributed by atoms with Gasteiger partial charge in [-0.2, -0.15) is 0 Å². The number of carbonyl (C=O) groups excluding carboxylic acids is 2. The van der Waals surface area contributed by atoms with Crippen molar-refractivity contribution >= 4 is 35.1 Å². The van der Waals surface area contributed by atoms with E-state index < -0.39 is 6.03 Å². The molecule has 0 radical (unpaired) electrons. The fraction of sp³-hybridized carbons (Fsp3) is 0.273. The standard InChI is InChI=1S/C11H11Cl2N3O2/c1-15-6-10(17)14-11(18)16(15)5-7-2-3-8(12)9(13)4-7/h2-4H,5-6H2,1H3,(H,14,17,18). The van der Waals surface area contributed by atoms with Gasteiger partial charge in [-0.25, -0.2) is 9.80 Å². The summed E-state index contributed by atoms with van der Waals surface area (Å²) in [5.74, 6) is -0.312. The number of nitrogens with one attached hydrogen (secondary N) is 1. The van der Waals surface area contributed by atoms with Gasteiger partial charge in [-0.15, -0.1) is 0 Å². The molecule has 0 aliphatic carbocycles. The molecule has 0 unspecified atom stereocenters. The van der Waals surface area contributed by atoms with Crippen LogP contribution in [0.5, 0.6) is 0 Å². The van der Waals surface area contributed by atoms with Crippen LogP contribution >= 0.6 is 23.2 Å². The number of rotatable bonds is 2. The quantitative estimate of drug-likeness (QED) is 0.904. The molecule has 0 aromatic heterocycles. The van der Waals surface area contributed by atoms with Gasteiger partial charge in [0.2, 0.25) is 5.91 Å². The molecule has 0 bridgehead atoms. The monoisotopic (exact) mass is 287 g/mol.